The highest BCUT2D eigenvalue weighted by Gasteiger charge is 2.10. The third-order valence-electron chi connectivity index (χ3n) is 2.92. The van der Waals surface area contributed by atoms with Crippen LogP contribution in [0.25, 0.3) is 0 Å². The number of aromatic nitrogens is 1. The molecule has 0 bridgehead atoms. The van der Waals surface area contributed by atoms with Crippen LogP contribution >= 0.6 is 0 Å². The summed E-state index contributed by atoms with van der Waals surface area (Å²) in [6.45, 7) is 3.92. The average Bonchev–Trinajstić information content (AvgIpc) is 2.43. The third kappa shape index (κ3) is 2.68. The van der Waals surface area contributed by atoms with Gasteiger partial charge in [-0.2, -0.15) is 0 Å². The topological polar surface area (TPSA) is 28.2 Å². The van der Waals surface area contributed by atoms with E-state index in [0.29, 0.717) is 0 Å². The zero-order valence-corrected chi connectivity index (χ0v) is 10.9. The van der Waals surface area contributed by atoms with E-state index in [1.54, 1.807) is 0 Å². The second-order valence-corrected chi connectivity index (χ2v) is 4.11. The van der Waals surface area contributed by atoms with E-state index >= 15 is 0 Å². The Hall–Kier alpha value is -1.87. The fourth-order valence-corrected chi connectivity index (χ4v) is 2.11. The van der Waals surface area contributed by atoms with Crippen LogP contribution in [0.15, 0.2) is 48.8 Å². The Bertz CT molecular complexity index is 482. The van der Waals surface area contributed by atoms with Crippen molar-refractivity contribution in [1.29, 1.82) is 0 Å². The summed E-state index contributed by atoms with van der Waals surface area (Å²) in [7, 11) is 1.95. The Balaban J connectivity index is 2.39. The molecule has 94 valence electrons. The molecule has 0 unspecified atom stereocenters. The van der Waals surface area contributed by atoms with Gasteiger partial charge in [-0.3, -0.25) is 4.98 Å². The minimum absolute atomic E-state index is 0.826. The van der Waals surface area contributed by atoms with Gasteiger partial charge in [-0.1, -0.05) is 18.2 Å². The summed E-state index contributed by atoms with van der Waals surface area (Å²) in [4.78, 5) is 6.51. The summed E-state index contributed by atoms with van der Waals surface area (Å²) >= 11 is 0. The van der Waals surface area contributed by atoms with Crippen molar-refractivity contribution >= 4 is 11.4 Å². The molecule has 0 aliphatic carbocycles. The number of nitrogens with zero attached hydrogens (tertiary/aromatic N) is 2. The standard InChI is InChI=1S/C15H19N3/c1-3-18(14-7-5-4-6-8-14)15-9-10-17-12-13(15)11-16-2/h4-10,12,16H,3,11H2,1-2H3. The minimum atomic E-state index is 0.826. The molecule has 1 heterocycles. The van der Waals surface area contributed by atoms with Crippen LogP contribution in [0.3, 0.4) is 0 Å². The van der Waals surface area contributed by atoms with Crippen molar-refractivity contribution < 1.29 is 0 Å². The van der Waals surface area contributed by atoms with Gasteiger partial charge < -0.3 is 10.2 Å². The van der Waals surface area contributed by atoms with E-state index in [2.05, 4.69) is 52.5 Å². The zero-order chi connectivity index (χ0) is 12.8. The van der Waals surface area contributed by atoms with Crippen molar-refractivity contribution in [2.24, 2.45) is 0 Å². The van der Waals surface area contributed by atoms with Gasteiger partial charge in [0.15, 0.2) is 0 Å². The molecule has 2 rings (SSSR count). The Labute approximate surface area is 108 Å². The lowest BCUT2D eigenvalue weighted by molar-refractivity contribution is 0.808. The molecule has 18 heavy (non-hydrogen) atoms. The van der Waals surface area contributed by atoms with E-state index in [1.165, 1.54) is 16.9 Å². The monoisotopic (exact) mass is 241 g/mol. The van der Waals surface area contributed by atoms with E-state index in [9.17, 15) is 0 Å². The second-order valence-electron chi connectivity index (χ2n) is 4.11. The molecule has 1 aromatic carbocycles. The second kappa shape index (κ2) is 6.17. The van der Waals surface area contributed by atoms with Gasteiger partial charge >= 0.3 is 0 Å². The number of hydrogen-bond donors (Lipinski definition) is 1. The van der Waals surface area contributed by atoms with Crippen LogP contribution in [0, 0.1) is 0 Å². The number of anilines is 2. The molecule has 0 aliphatic heterocycles. The molecule has 3 nitrogen and oxygen atoms in total. The summed E-state index contributed by atoms with van der Waals surface area (Å²) in [5.74, 6) is 0. The predicted octanol–water partition coefficient (Wildman–Crippen LogP) is 2.96. The average molecular weight is 241 g/mol. The van der Waals surface area contributed by atoms with Gasteiger partial charge in [-0.15, -0.1) is 0 Å². The van der Waals surface area contributed by atoms with Gasteiger partial charge in [0.2, 0.25) is 0 Å². The first kappa shape index (κ1) is 12.6. The van der Waals surface area contributed by atoms with Crippen molar-refractivity contribution in [3.8, 4) is 0 Å². The van der Waals surface area contributed by atoms with Crippen LogP contribution in [0.1, 0.15) is 12.5 Å². The van der Waals surface area contributed by atoms with Crippen LogP contribution in [0.4, 0.5) is 11.4 Å². The quantitative estimate of drug-likeness (QED) is 0.872. The van der Waals surface area contributed by atoms with Crippen molar-refractivity contribution in [3.05, 3.63) is 54.4 Å². The van der Waals surface area contributed by atoms with Gasteiger partial charge in [-0.05, 0) is 32.2 Å². The Morgan fingerprint density at radius 2 is 1.94 bits per heavy atom. The third-order valence-corrected chi connectivity index (χ3v) is 2.92. The first-order chi connectivity index (χ1) is 8.86. The molecule has 0 radical (unpaired) electrons. The molecule has 1 aromatic heterocycles. The maximum atomic E-state index is 4.21. The molecule has 3 heteroatoms. The Morgan fingerprint density at radius 3 is 2.61 bits per heavy atom. The number of hydrogen-bond acceptors (Lipinski definition) is 3. The van der Waals surface area contributed by atoms with Crippen LogP contribution in [0.2, 0.25) is 0 Å². The Kier molecular flexibility index (Phi) is 4.31. The molecule has 1 N–H and O–H groups in total. The van der Waals surface area contributed by atoms with Crippen molar-refractivity contribution in [1.82, 2.24) is 10.3 Å². The number of benzene rings is 1. The number of para-hydroxylation sites is 1. The first-order valence-corrected chi connectivity index (χ1v) is 6.27. The first-order valence-electron chi connectivity index (χ1n) is 6.27. The Morgan fingerprint density at radius 1 is 1.17 bits per heavy atom. The number of rotatable bonds is 5. The summed E-state index contributed by atoms with van der Waals surface area (Å²) in [6, 6.07) is 12.5. The van der Waals surface area contributed by atoms with E-state index in [4.69, 9.17) is 0 Å². The van der Waals surface area contributed by atoms with Crippen LogP contribution < -0.4 is 10.2 Å². The molecule has 2 aromatic rings. The van der Waals surface area contributed by atoms with Gasteiger partial charge in [0.1, 0.15) is 0 Å². The van der Waals surface area contributed by atoms with Gasteiger partial charge in [0.25, 0.3) is 0 Å². The predicted molar refractivity (Wildman–Crippen MR) is 76.1 cm³/mol. The molecular weight excluding hydrogens is 222 g/mol. The molecule has 0 aliphatic rings. The normalized spacial score (nSPS) is 10.3. The highest BCUT2D eigenvalue weighted by molar-refractivity contribution is 5.65. The van der Waals surface area contributed by atoms with Crippen LogP contribution in [-0.4, -0.2) is 18.6 Å². The maximum absolute atomic E-state index is 4.21. The highest BCUT2D eigenvalue weighted by atomic mass is 15.1. The van der Waals surface area contributed by atoms with E-state index in [0.717, 1.165) is 13.1 Å². The lowest BCUT2D eigenvalue weighted by atomic mass is 10.2. The summed E-state index contributed by atoms with van der Waals surface area (Å²) in [6.07, 6.45) is 3.78. The zero-order valence-electron chi connectivity index (χ0n) is 10.9. The van der Waals surface area contributed by atoms with Crippen molar-refractivity contribution in [3.63, 3.8) is 0 Å². The summed E-state index contributed by atoms with van der Waals surface area (Å²) < 4.78 is 0. The van der Waals surface area contributed by atoms with E-state index in [-0.39, 0.29) is 0 Å². The lowest BCUT2D eigenvalue weighted by Crippen LogP contribution is -2.19. The van der Waals surface area contributed by atoms with E-state index < -0.39 is 0 Å². The van der Waals surface area contributed by atoms with Crippen LogP contribution in [0.5, 0.6) is 0 Å². The molecule has 0 atom stereocenters. The SMILES string of the molecule is CCN(c1ccccc1)c1ccncc1CNC. The molecular formula is C15H19N3. The molecule has 0 spiro atoms. The highest BCUT2D eigenvalue weighted by Crippen LogP contribution is 2.27. The fourth-order valence-electron chi connectivity index (χ4n) is 2.11. The van der Waals surface area contributed by atoms with Gasteiger partial charge in [0, 0.05) is 42.4 Å². The minimum Gasteiger partial charge on any atom is -0.341 e. The molecule has 0 saturated heterocycles. The van der Waals surface area contributed by atoms with Crippen molar-refractivity contribution in [2.45, 2.75) is 13.5 Å². The largest absolute Gasteiger partial charge is 0.341 e. The number of nitrogens with one attached hydrogen (secondary N) is 1. The van der Waals surface area contributed by atoms with Crippen LogP contribution in [-0.2, 0) is 6.54 Å². The van der Waals surface area contributed by atoms with Crippen molar-refractivity contribution in [2.75, 3.05) is 18.5 Å². The smallest absolute Gasteiger partial charge is 0.0487 e. The van der Waals surface area contributed by atoms with E-state index in [1.807, 2.05) is 25.5 Å². The molecule has 0 saturated carbocycles. The van der Waals surface area contributed by atoms with Gasteiger partial charge in [-0.25, -0.2) is 0 Å². The maximum Gasteiger partial charge on any atom is 0.0487 e. The number of pyridine rings is 1. The fraction of sp³-hybridized carbons (Fsp3) is 0.267. The molecule has 0 fully saturated rings. The summed E-state index contributed by atoms with van der Waals surface area (Å²) in [5.41, 5.74) is 3.64. The summed E-state index contributed by atoms with van der Waals surface area (Å²) in [5, 5.41) is 3.19. The molecule has 0 amide bonds. The lowest BCUT2D eigenvalue weighted by Gasteiger charge is -2.25. The van der Waals surface area contributed by atoms with Gasteiger partial charge in [0.05, 0.1) is 0 Å².